The number of halogens is 3. The van der Waals surface area contributed by atoms with E-state index in [2.05, 4.69) is 4.99 Å². The minimum Gasteiger partial charge on any atom is -0.481 e. The number of fused-ring (bicyclic) bond motifs is 1. The number of carboxylic acids is 1. The second-order valence-electron chi connectivity index (χ2n) is 6.75. The van der Waals surface area contributed by atoms with Crippen LogP contribution in [0.1, 0.15) is 24.8 Å². The maximum absolute atomic E-state index is 13.1. The van der Waals surface area contributed by atoms with Crippen LogP contribution in [0.5, 0.6) is 0 Å². The van der Waals surface area contributed by atoms with Crippen molar-refractivity contribution in [2.75, 3.05) is 16.4 Å². The molecule has 7 nitrogen and oxygen atoms in total. The van der Waals surface area contributed by atoms with Gasteiger partial charge in [0.25, 0.3) is 0 Å². The summed E-state index contributed by atoms with van der Waals surface area (Å²) in [6.07, 6.45) is -4.82. The molecule has 2 unspecified atom stereocenters. The average Bonchev–Trinajstić information content (AvgIpc) is 3.04. The molecule has 1 N–H and O–H groups in total. The smallest absolute Gasteiger partial charge is 0.416 e. The molecule has 0 aliphatic carbocycles. The first kappa shape index (κ1) is 21.6. The molecule has 1 aromatic rings. The summed E-state index contributed by atoms with van der Waals surface area (Å²) in [6.45, 7) is 0. The lowest BCUT2D eigenvalue weighted by Gasteiger charge is -2.25. The van der Waals surface area contributed by atoms with E-state index in [1.807, 2.05) is 0 Å². The van der Waals surface area contributed by atoms with Crippen LogP contribution in [0.25, 0.3) is 0 Å². The van der Waals surface area contributed by atoms with E-state index in [0.717, 1.165) is 23.9 Å². The van der Waals surface area contributed by atoms with Crippen molar-refractivity contribution in [3.63, 3.8) is 0 Å². The first-order valence-corrected chi connectivity index (χ1v) is 11.3. The van der Waals surface area contributed by atoms with Gasteiger partial charge in [0, 0.05) is 23.8 Å². The number of thioether (sulfide) groups is 1. The average molecular weight is 450 g/mol. The van der Waals surface area contributed by atoms with Crippen LogP contribution >= 0.6 is 11.8 Å². The number of amides is 1. The molecule has 2 atom stereocenters. The number of aliphatic imine (C=N–C) groups is 1. The Morgan fingerprint density at radius 1 is 1.24 bits per heavy atom. The molecule has 1 aromatic carbocycles. The minimum absolute atomic E-state index is 0.0837. The van der Waals surface area contributed by atoms with Gasteiger partial charge in [-0.3, -0.25) is 9.59 Å². The van der Waals surface area contributed by atoms with Gasteiger partial charge in [0.1, 0.15) is 0 Å². The second kappa shape index (κ2) is 7.98. The maximum Gasteiger partial charge on any atom is 0.416 e. The number of alkyl halides is 3. The summed E-state index contributed by atoms with van der Waals surface area (Å²) in [5.74, 6) is -2.04. The first-order chi connectivity index (χ1) is 13.5. The Morgan fingerprint density at radius 3 is 2.62 bits per heavy atom. The van der Waals surface area contributed by atoms with E-state index in [0.29, 0.717) is 0 Å². The van der Waals surface area contributed by atoms with E-state index in [1.54, 1.807) is 0 Å². The van der Waals surface area contributed by atoms with Crippen molar-refractivity contribution in [3.05, 3.63) is 29.8 Å². The Balaban J connectivity index is 1.91. The molecular formula is C17H17F3N2O5S2. The molecule has 2 aliphatic rings. The van der Waals surface area contributed by atoms with E-state index in [-0.39, 0.29) is 41.6 Å². The third-order valence-electron chi connectivity index (χ3n) is 4.52. The molecule has 12 heteroatoms. The lowest BCUT2D eigenvalue weighted by Crippen LogP contribution is -2.37. The van der Waals surface area contributed by atoms with Gasteiger partial charge in [-0.25, -0.2) is 8.42 Å². The summed E-state index contributed by atoms with van der Waals surface area (Å²) in [6, 6.07) is 3.81. The van der Waals surface area contributed by atoms with Gasteiger partial charge in [0.2, 0.25) is 5.91 Å². The highest BCUT2D eigenvalue weighted by atomic mass is 32.2. The summed E-state index contributed by atoms with van der Waals surface area (Å²) >= 11 is 1.05. The van der Waals surface area contributed by atoms with Crippen molar-refractivity contribution in [1.82, 2.24) is 0 Å². The van der Waals surface area contributed by atoms with E-state index in [4.69, 9.17) is 5.11 Å². The number of hydrogen-bond acceptors (Lipinski definition) is 5. The van der Waals surface area contributed by atoms with Gasteiger partial charge >= 0.3 is 12.1 Å². The molecule has 0 radical (unpaired) electrons. The highest BCUT2D eigenvalue weighted by molar-refractivity contribution is 8.16. The maximum atomic E-state index is 13.1. The molecule has 158 valence electrons. The summed E-state index contributed by atoms with van der Waals surface area (Å²) < 4.78 is 63.3. The number of benzene rings is 1. The van der Waals surface area contributed by atoms with Gasteiger partial charge in [-0.2, -0.15) is 18.2 Å². The van der Waals surface area contributed by atoms with Crippen molar-refractivity contribution in [2.45, 2.75) is 36.7 Å². The van der Waals surface area contributed by atoms with Crippen molar-refractivity contribution < 1.29 is 36.3 Å². The normalized spacial score (nSPS) is 24.7. The van der Waals surface area contributed by atoms with Gasteiger partial charge in [0.15, 0.2) is 15.0 Å². The second-order valence-corrected chi connectivity index (χ2v) is 10.1. The third-order valence-corrected chi connectivity index (χ3v) is 7.73. The fraction of sp³-hybridized carbons (Fsp3) is 0.471. The molecule has 0 saturated carbocycles. The summed E-state index contributed by atoms with van der Waals surface area (Å²) in [5, 5.41) is 8.33. The zero-order valence-electron chi connectivity index (χ0n) is 14.9. The number of hydrogen-bond donors (Lipinski definition) is 1. The Labute approximate surface area is 168 Å². The van der Waals surface area contributed by atoms with E-state index < -0.39 is 44.7 Å². The van der Waals surface area contributed by atoms with Crippen LogP contribution in [0.3, 0.4) is 0 Å². The van der Waals surface area contributed by atoms with E-state index >= 15 is 0 Å². The number of carbonyl (C=O) groups excluding carboxylic acids is 1. The van der Waals surface area contributed by atoms with Crippen LogP contribution < -0.4 is 4.90 Å². The summed E-state index contributed by atoms with van der Waals surface area (Å²) in [7, 11) is -3.35. The topological polar surface area (TPSA) is 104 Å². The number of nitrogens with zero attached hydrogens (tertiary/aromatic N) is 2. The number of rotatable bonds is 5. The van der Waals surface area contributed by atoms with Crippen LogP contribution in [-0.4, -0.2) is 53.4 Å². The standard InChI is InChI=1S/C17H17F3N2O5S2/c18-17(19,20)10-3-1-4-11(7-10)22-12-8-29(26,27)9-13(12)28-16(22)21-14(23)5-2-6-15(24)25/h1,3-4,7,12-13H,2,5-6,8-9H2,(H,24,25). The lowest BCUT2D eigenvalue weighted by molar-refractivity contribution is -0.138. The van der Waals surface area contributed by atoms with Crippen LogP contribution in [-0.2, 0) is 25.6 Å². The molecule has 2 heterocycles. The Bertz CT molecular complexity index is 962. The highest BCUT2D eigenvalue weighted by Gasteiger charge is 2.49. The van der Waals surface area contributed by atoms with Crippen LogP contribution in [0.4, 0.5) is 18.9 Å². The summed E-state index contributed by atoms with van der Waals surface area (Å²) in [5.41, 5.74) is -0.787. The predicted molar refractivity (Wildman–Crippen MR) is 102 cm³/mol. The number of amidine groups is 1. The molecule has 2 aliphatic heterocycles. The van der Waals surface area contributed by atoms with Gasteiger partial charge in [-0.05, 0) is 24.6 Å². The molecule has 0 aromatic heterocycles. The number of aliphatic carboxylic acids is 1. The first-order valence-electron chi connectivity index (χ1n) is 8.63. The van der Waals surface area contributed by atoms with Crippen LogP contribution in [0.2, 0.25) is 0 Å². The fourth-order valence-corrected chi connectivity index (χ4v) is 7.18. The SMILES string of the molecule is O=C(O)CCCC(=O)N=C1SC2CS(=O)(=O)CC2N1c1cccc(C(F)(F)F)c1. The van der Waals surface area contributed by atoms with Crippen LogP contribution in [0.15, 0.2) is 29.3 Å². The third kappa shape index (κ3) is 5.10. The number of sulfone groups is 1. The molecular weight excluding hydrogens is 433 g/mol. The number of anilines is 1. The van der Waals surface area contributed by atoms with Gasteiger partial charge in [-0.15, -0.1) is 0 Å². The molecule has 2 saturated heterocycles. The fourth-order valence-electron chi connectivity index (χ4n) is 3.25. The van der Waals surface area contributed by atoms with Gasteiger partial charge in [0.05, 0.1) is 23.1 Å². The molecule has 0 spiro atoms. The van der Waals surface area contributed by atoms with E-state index in [9.17, 15) is 31.2 Å². The Morgan fingerprint density at radius 2 is 1.97 bits per heavy atom. The zero-order chi connectivity index (χ0) is 21.4. The van der Waals surface area contributed by atoms with Crippen molar-refractivity contribution in [2.24, 2.45) is 4.99 Å². The molecule has 3 rings (SSSR count). The number of carboxylic acid groups (broad SMARTS) is 1. The zero-order valence-corrected chi connectivity index (χ0v) is 16.6. The van der Waals surface area contributed by atoms with Gasteiger partial charge < -0.3 is 10.0 Å². The van der Waals surface area contributed by atoms with Crippen LogP contribution in [0, 0.1) is 0 Å². The van der Waals surface area contributed by atoms with E-state index in [1.165, 1.54) is 17.0 Å². The molecule has 0 bridgehead atoms. The molecule has 29 heavy (non-hydrogen) atoms. The Hall–Kier alpha value is -2.08. The monoisotopic (exact) mass is 450 g/mol. The summed E-state index contributed by atoms with van der Waals surface area (Å²) in [4.78, 5) is 28.0. The minimum atomic E-state index is -4.58. The Kier molecular flexibility index (Phi) is 5.95. The largest absolute Gasteiger partial charge is 0.481 e. The van der Waals surface area contributed by atoms with Crippen molar-refractivity contribution >= 4 is 44.3 Å². The van der Waals surface area contributed by atoms with Gasteiger partial charge in [-0.1, -0.05) is 17.8 Å². The molecule has 2 fully saturated rings. The highest BCUT2D eigenvalue weighted by Crippen LogP contribution is 2.42. The number of carbonyl (C=O) groups is 2. The van der Waals surface area contributed by atoms with Crippen molar-refractivity contribution in [3.8, 4) is 0 Å². The quantitative estimate of drug-likeness (QED) is 0.735. The van der Waals surface area contributed by atoms with Crippen molar-refractivity contribution in [1.29, 1.82) is 0 Å². The molecule has 1 amide bonds. The lowest BCUT2D eigenvalue weighted by atomic mass is 10.1. The predicted octanol–water partition coefficient (Wildman–Crippen LogP) is 2.56.